The lowest BCUT2D eigenvalue weighted by Crippen LogP contribution is -2.12. The van der Waals surface area contributed by atoms with Crippen molar-refractivity contribution in [2.45, 2.75) is 45.4 Å². The van der Waals surface area contributed by atoms with Crippen LogP contribution in [0.3, 0.4) is 0 Å². The van der Waals surface area contributed by atoms with Crippen LogP contribution in [0.15, 0.2) is 43.0 Å². The zero-order valence-electron chi connectivity index (χ0n) is 14.1. The quantitative estimate of drug-likeness (QED) is 0.514. The molecule has 0 amide bonds. The Bertz CT molecular complexity index is 613. The lowest BCUT2D eigenvalue weighted by atomic mass is 9.85. The average Bonchev–Trinajstić information content (AvgIpc) is 2.49. The minimum absolute atomic E-state index is 0.151. The minimum Gasteiger partial charge on any atom is -0.396 e. The van der Waals surface area contributed by atoms with Gasteiger partial charge in [-0.1, -0.05) is 36.8 Å². The molecule has 0 heterocycles. The smallest absolute Gasteiger partial charge is 0.131 e. The van der Waals surface area contributed by atoms with Gasteiger partial charge in [-0.15, -0.1) is 6.58 Å². The van der Waals surface area contributed by atoms with E-state index in [0.29, 0.717) is 6.42 Å². The molecule has 1 aromatic rings. The summed E-state index contributed by atoms with van der Waals surface area (Å²) in [6.45, 7) is 9.82. The molecule has 0 aromatic heterocycles. The Hall–Kier alpha value is -1.67. The van der Waals surface area contributed by atoms with Crippen LogP contribution in [0.5, 0.6) is 0 Å². The summed E-state index contributed by atoms with van der Waals surface area (Å²) in [4.78, 5) is 0. The number of hydrogen-bond acceptors (Lipinski definition) is 1. The first-order chi connectivity index (χ1) is 11.0. The van der Waals surface area contributed by atoms with Crippen molar-refractivity contribution < 1.29 is 9.50 Å². The first-order valence-corrected chi connectivity index (χ1v) is 8.44. The molecule has 0 radical (unpaired) electrons. The van der Waals surface area contributed by atoms with Crippen LogP contribution in [0, 0.1) is 11.7 Å². The summed E-state index contributed by atoms with van der Waals surface area (Å²) in [7, 11) is 0. The molecule has 2 heteroatoms. The SMILES string of the molecule is C=CCCCCC(CO)Cc1cc(F)c2c(c1)CC(=C)C=C2C. The van der Waals surface area contributed by atoms with Crippen LogP contribution in [0.4, 0.5) is 4.39 Å². The highest BCUT2D eigenvalue weighted by Gasteiger charge is 2.18. The molecular formula is C21H27FO. The van der Waals surface area contributed by atoms with Crippen LogP contribution in [0.2, 0.25) is 0 Å². The molecule has 1 aromatic carbocycles. The molecule has 1 nitrogen and oxygen atoms in total. The molecule has 0 saturated heterocycles. The standard InChI is InChI=1S/C21H27FO/c1-4-5-6-7-8-17(14-23)11-18-12-19-10-15(2)9-16(3)21(19)20(22)13-18/h4,9,12-13,17,23H,1-2,5-8,10-11,14H2,3H3. The molecule has 1 atom stereocenters. The maximum Gasteiger partial charge on any atom is 0.131 e. The summed E-state index contributed by atoms with van der Waals surface area (Å²) in [6.07, 6.45) is 9.47. The molecule has 0 aliphatic heterocycles. The third-order valence-corrected chi connectivity index (χ3v) is 4.52. The number of halogens is 1. The zero-order valence-corrected chi connectivity index (χ0v) is 14.1. The summed E-state index contributed by atoms with van der Waals surface area (Å²) in [5, 5.41) is 9.60. The van der Waals surface area contributed by atoms with Gasteiger partial charge in [-0.05, 0) is 67.7 Å². The van der Waals surface area contributed by atoms with E-state index in [9.17, 15) is 9.50 Å². The van der Waals surface area contributed by atoms with Gasteiger partial charge in [-0.3, -0.25) is 0 Å². The van der Waals surface area contributed by atoms with E-state index in [4.69, 9.17) is 0 Å². The van der Waals surface area contributed by atoms with E-state index in [1.165, 1.54) is 0 Å². The van der Waals surface area contributed by atoms with Crippen molar-refractivity contribution in [3.8, 4) is 0 Å². The molecule has 0 bridgehead atoms. The van der Waals surface area contributed by atoms with E-state index in [0.717, 1.165) is 59.9 Å². The molecule has 124 valence electrons. The zero-order chi connectivity index (χ0) is 16.8. The van der Waals surface area contributed by atoms with Crippen LogP contribution in [-0.2, 0) is 12.8 Å². The fourth-order valence-electron chi connectivity index (χ4n) is 3.41. The Balaban J connectivity index is 2.10. The Morgan fingerprint density at radius 3 is 2.83 bits per heavy atom. The minimum atomic E-state index is -0.151. The normalized spacial score (nSPS) is 15.1. The number of rotatable bonds is 8. The second kappa shape index (κ2) is 8.26. The first-order valence-electron chi connectivity index (χ1n) is 8.44. The van der Waals surface area contributed by atoms with E-state index in [2.05, 4.69) is 19.2 Å². The van der Waals surface area contributed by atoms with Gasteiger partial charge < -0.3 is 5.11 Å². The number of fused-ring (bicyclic) bond motifs is 1. The predicted octanol–water partition coefficient (Wildman–Crippen LogP) is 5.24. The molecule has 0 fully saturated rings. The summed E-state index contributed by atoms with van der Waals surface area (Å²) >= 11 is 0. The Kier molecular flexibility index (Phi) is 6.35. The lowest BCUT2D eigenvalue weighted by Gasteiger charge is -2.20. The summed E-state index contributed by atoms with van der Waals surface area (Å²) in [5.74, 6) is 0.0443. The van der Waals surface area contributed by atoms with Crippen molar-refractivity contribution in [1.82, 2.24) is 0 Å². The van der Waals surface area contributed by atoms with Crippen LogP contribution in [0.1, 0.15) is 49.3 Å². The highest BCUT2D eigenvalue weighted by atomic mass is 19.1. The predicted molar refractivity (Wildman–Crippen MR) is 95.8 cm³/mol. The van der Waals surface area contributed by atoms with Crippen LogP contribution < -0.4 is 0 Å². The molecule has 1 aliphatic rings. The Morgan fingerprint density at radius 1 is 1.35 bits per heavy atom. The van der Waals surface area contributed by atoms with Gasteiger partial charge in [0.2, 0.25) is 0 Å². The van der Waals surface area contributed by atoms with E-state index in [-0.39, 0.29) is 18.3 Å². The van der Waals surface area contributed by atoms with Gasteiger partial charge in [0.15, 0.2) is 0 Å². The molecular weight excluding hydrogens is 287 g/mol. The third-order valence-electron chi connectivity index (χ3n) is 4.52. The molecule has 1 unspecified atom stereocenters. The van der Waals surface area contributed by atoms with E-state index in [1.54, 1.807) is 6.07 Å². The second-order valence-corrected chi connectivity index (χ2v) is 6.60. The third kappa shape index (κ3) is 4.65. The van der Waals surface area contributed by atoms with Gasteiger partial charge in [-0.2, -0.15) is 0 Å². The average molecular weight is 314 g/mol. The van der Waals surface area contributed by atoms with Crippen LogP contribution in [-0.4, -0.2) is 11.7 Å². The maximum absolute atomic E-state index is 14.5. The van der Waals surface area contributed by atoms with Gasteiger partial charge in [-0.25, -0.2) is 4.39 Å². The van der Waals surface area contributed by atoms with Crippen molar-refractivity contribution in [3.63, 3.8) is 0 Å². The first kappa shape index (κ1) is 17.7. The number of unbranched alkanes of at least 4 members (excludes halogenated alkanes) is 2. The van der Waals surface area contributed by atoms with E-state index in [1.807, 2.05) is 19.1 Å². The lowest BCUT2D eigenvalue weighted by molar-refractivity contribution is 0.215. The summed E-state index contributed by atoms with van der Waals surface area (Å²) in [6, 6.07) is 3.73. The molecule has 2 rings (SSSR count). The van der Waals surface area contributed by atoms with Crippen LogP contribution in [0.25, 0.3) is 5.57 Å². The highest BCUT2D eigenvalue weighted by molar-refractivity contribution is 5.73. The summed E-state index contributed by atoms with van der Waals surface area (Å²) in [5.41, 5.74) is 4.70. The number of allylic oxidation sites excluding steroid dienone is 4. The molecule has 0 spiro atoms. The molecule has 1 N–H and O–H groups in total. The number of aliphatic hydroxyl groups excluding tert-OH is 1. The molecule has 1 aliphatic carbocycles. The van der Waals surface area contributed by atoms with Gasteiger partial charge >= 0.3 is 0 Å². The van der Waals surface area contributed by atoms with Gasteiger partial charge in [0, 0.05) is 12.2 Å². The second-order valence-electron chi connectivity index (χ2n) is 6.60. The largest absolute Gasteiger partial charge is 0.396 e. The molecule has 23 heavy (non-hydrogen) atoms. The number of benzene rings is 1. The van der Waals surface area contributed by atoms with E-state index >= 15 is 0 Å². The number of hydrogen-bond donors (Lipinski definition) is 1. The maximum atomic E-state index is 14.5. The Morgan fingerprint density at radius 2 is 2.13 bits per heavy atom. The molecule has 0 saturated carbocycles. The highest BCUT2D eigenvalue weighted by Crippen LogP contribution is 2.32. The summed E-state index contributed by atoms with van der Waals surface area (Å²) < 4.78 is 14.5. The van der Waals surface area contributed by atoms with Gasteiger partial charge in [0.1, 0.15) is 5.82 Å². The fourth-order valence-corrected chi connectivity index (χ4v) is 3.41. The van der Waals surface area contributed by atoms with Crippen LogP contribution >= 0.6 is 0 Å². The Labute approximate surface area is 139 Å². The fraction of sp³-hybridized carbons (Fsp3) is 0.429. The van der Waals surface area contributed by atoms with Crippen molar-refractivity contribution >= 4 is 5.57 Å². The number of aliphatic hydroxyl groups is 1. The van der Waals surface area contributed by atoms with Gasteiger partial charge in [0.05, 0.1) is 0 Å². The van der Waals surface area contributed by atoms with Crippen molar-refractivity contribution in [1.29, 1.82) is 0 Å². The van der Waals surface area contributed by atoms with Crippen molar-refractivity contribution in [2.75, 3.05) is 6.61 Å². The van der Waals surface area contributed by atoms with E-state index < -0.39 is 0 Å². The van der Waals surface area contributed by atoms with Crippen molar-refractivity contribution in [3.05, 3.63) is 65.5 Å². The van der Waals surface area contributed by atoms with Gasteiger partial charge in [0.25, 0.3) is 0 Å². The van der Waals surface area contributed by atoms with Crippen molar-refractivity contribution in [2.24, 2.45) is 5.92 Å². The topological polar surface area (TPSA) is 20.2 Å². The monoisotopic (exact) mass is 314 g/mol.